The third kappa shape index (κ3) is 5.40. The molecule has 0 aliphatic carbocycles. The molecule has 3 aromatic rings. The van der Waals surface area contributed by atoms with E-state index in [1.807, 2.05) is 18.2 Å². The van der Waals surface area contributed by atoms with Crippen molar-refractivity contribution in [3.8, 4) is 0 Å². The molecule has 1 amide bonds. The predicted octanol–water partition coefficient (Wildman–Crippen LogP) is 5.80. The number of nitrogens with two attached hydrogens (primary N) is 1. The van der Waals surface area contributed by atoms with E-state index in [9.17, 15) is 31.1 Å². The summed E-state index contributed by atoms with van der Waals surface area (Å²) >= 11 is 0. The number of rotatable bonds is 6. The van der Waals surface area contributed by atoms with Crippen LogP contribution >= 0.6 is 0 Å². The Morgan fingerprint density at radius 1 is 0.844 bits per heavy atom. The van der Waals surface area contributed by atoms with Gasteiger partial charge in [0.15, 0.2) is 0 Å². The maximum absolute atomic E-state index is 13.2. The maximum Gasteiger partial charge on any atom is 0.416 e. The number of hydrogen-bond donors (Lipinski definition) is 1. The summed E-state index contributed by atoms with van der Waals surface area (Å²) < 4.78 is 78.9. The van der Waals surface area contributed by atoms with Gasteiger partial charge in [-0.2, -0.15) is 26.3 Å². The smallest absolute Gasteiger partial charge is 0.330 e. The average Bonchev–Trinajstić information content (AvgIpc) is 2.73. The number of alkyl halides is 6. The first-order valence-corrected chi connectivity index (χ1v) is 9.77. The van der Waals surface area contributed by atoms with Gasteiger partial charge in [-0.25, -0.2) is 0 Å². The Morgan fingerprint density at radius 3 is 2.03 bits per heavy atom. The van der Waals surface area contributed by atoms with Crippen LogP contribution in [-0.2, 0) is 23.6 Å². The van der Waals surface area contributed by atoms with Crippen LogP contribution in [0.5, 0.6) is 0 Å². The molecule has 0 atom stereocenters. The molecular weight excluding hydrogens is 434 g/mol. The summed E-state index contributed by atoms with van der Waals surface area (Å²) in [5.74, 6) is -0.369. The largest absolute Gasteiger partial charge is 0.416 e. The van der Waals surface area contributed by atoms with Crippen molar-refractivity contribution in [2.45, 2.75) is 25.2 Å². The SMILES string of the molecule is NCCC(=O)N(CCc1cc(C(F)(F)F)cc(C(F)(F)F)c1)c1cccc2ccccc12. The van der Waals surface area contributed by atoms with Crippen LogP contribution < -0.4 is 10.6 Å². The molecule has 0 spiro atoms. The third-order valence-electron chi connectivity index (χ3n) is 4.99. The van der Waals surface area contributed by atoms with Gasteiger partial charge in [0.2, 0.25) is 5.91 Å². The second-order valence-electron chi connectivity index (χ2n) is 7.25. The minimum absolute atomic E-state index is 0.0143. The van der Waals surface area contributed by atoms with Crippen molar-refractivity contribution < 1.29 is 31.1 Å². The molecular formula is C23H20F6N2O. The first kappa shape index (κ1) is 23.6. The number of carbonyl (C=O) groups excluding carboxylic acids is 1. The van der Waals surface area contributed by atoms with Gasteiger partial charge in [0.1, 0.15) is 0 Å². The number of benzene rings is 3. The third-order valence-corrected chi connectivity index (χ3v) is 4.99. The molecule has 0 unspecified atom stereocenters. The molecule has 3 aromatic carbocycles. The summed E-state index contributed by atoms with van der Waals surface area (Å²) in [5, 5.41) is 1.58. The summed E-state index contributed by atoms with van der Waals surface area (Å²) in [5.41, 5.74) is 3.09. The zero-order valence-corrected chi connectivity index (χ0v) is 16.8. The first-order chi connectivity index (χ1) is 15.0. The first-order valence-electron chi connectivity index (χ1n) is 9.77. The molecule has 0 heterocycles. The zero-order chi connectivity index (χ0) is 23.5. The lowest BCUT2D eigenvalue weighted by Gasteiger charge is -2.25. The highest BCUT2D eigenvalue weighted by Crippen LogP contribution is 2.36. The van der Waals surface area contributed by atoms with Gasteiger partial charge >= 0.3 is 12.4 Å². The molecule has 0 aliphatic rings. The summed E-state index contributed by atoms with van der Waals surface area (Å²) in [4.78, 5) is 14.1. The number of anilines is 1. The summed E-state index contributed by atoms with van der Waals surface area (Å²) in [7, 11) is 0. The average molecular weight is 454 g/mol. The molecule has 0 aliphatic heterocycles. The van der Waals surface area contributed by atoms with Gasteiger partial charge in [0.25, 0.3) is 0 Å². The molecule has 32 heavy (non-hydrogen) atoms. The molecule has 2 N–H and O–H groups in total. The number of halogens is 6. The van der Waals surface area contributed by atoms with E-state index in [0.717, 1.165) is 10.8 Å². The number of amides is 1. The lowest BCUT2D eigenvalue weighted by molar-refractivity contribution is -0.143. The van der Waals surface area contributed by atoms with Crippen molar-refractivity contribution in [1.29, 1.82) is 0 Å². The van der Waals surface area contributed by atoms with E-state index in [2.05, 4.69) is 0 Å². The van der Waals surface area contributed by atoms with Crippen molar-refractivity contribution in [2.75, 3.05) is 18.0 Å². The van der Waals surface area contributed by atoms with E-state index in [-0.39, 0.29) is 43.5 Å². The Morgan fingerprint density at radius 2 is 1.44 bits per heavy atom. The molecule has 0 fully saturated rings. The van der Waals surface area contributed by atoms with E-state index in [1.54, 1.807) is 24.3 Å². The maximum atomic E-state index is 13.2. The van der Waals surface area contributed by atoms with Crippen LogP contribution in [0.4, 0.5) is 32.0 Å². The molecule has 0 aromatic heterocycles. The summed E-state index contributed by atoms with van der Waals surface area (Å²) in [6.07, 6.45) is -10.1. The van der Waals surface area contributed by atoms with Crippen LogP contribution in [0.3, 0.4) is 0 Å². The van der Waals surface area contributed by atoms with Crippen LogP contribution in [0.15, 0.2) is 60.7 Å². The van der Waals surface area contributed by atoms with E-state index in [1.165, 1.54) is 4.90 Å². The fourth-order valence-electron chi connectivity index (χ4n) is 3.49. The molecule has 170 valence electrons. The minimum Gasteiger partial charge on any atom is -0.330 e. The van der Waals surface area contributed by atoms with Crippen molar-refractivity contribution >= 4 is 22.4 Å². The van der Waals surface area contributed by atoms with E-state index in [4.69, 9.17) is 5.73 Å². The molecule has 3 nitrogen and oxygen atoms in total. The van der Waals surface area contributed by atoms with Gasteiger partial charge in [0, 0.05) is 24.9 Å². The van der Waals surface area contributed by atoms with Gasteiger partial charge < -0.3 is 10.6 Å². The van der Waals surface area contributed by atoms with E-state index >= 15 is 0 Å². The fraction of sp³-hybridized carbons (Fsp3) is 0.261. The summed E-state index contributed by atoms with van der Waals surface area (Å²) in [6.45, 7) is -0.0483. The molecule has 3 rings (SSSR count). The van der Waals surface area contributed by atoms with Crippen LogP contribution in [0.25, 0.3) is 10.8 Å². The normalized spacial score (nSPS) is 12.2. The zero-order valence-electron chi connectivity index (χ0n) is 16.8. The lowest BCUT2D eigenvalue weighted by atomic mass is 10.0. The second kappa shape index (κ2) is 9.20. The Bertz CT molecular complexity index is 1070. The monoisotopic (exact) mass is 454 g/mol. The predicted molar refractivity (Wildman–Crippen MR) is 110 cm³/mol. The quantitative estimate of drug-likeness (QED) is 0.479. The standard InChI is InChI=1S/C23H20F6N2O/c24-22(25,26)17-12-15(13-18(14-17)23(27,28)29)9-11-31(21(32)8-10-30)20-7-3-5-16-4-1-2-6-19(16)20/h1-7,12-14H,8-11,30H2. The van der Waals surface area contributed by atoms with Crippen LogP contribution in [-0.4, -0.2) is 19.0 Å². The van der Waals surface area contributed by atoms with Gasteiger partial charge in [0.05, 0.1) is 16.8 Å². The Kier molecular flexibility index (Phi) is 6.78. The highest BCUT2D eigenvalue weighted by atomic mass is 19.4. The van der Waals surface area contributed by atoms with Gasteiger partial charge in [-0.1, -0.05) is 36.4 Å². The van der Waals surface area contributed by atoms with Crippen LogP contribution in [0.2, 0.25) is 0 Å². The molecule has 0 radical (unpaired) electrons. The number of hydrogen-bond acceptors (Lipinski definition) is 2. The van der Waals surface area contributed by atoms with Gasteiger partial charge in [-0.05, 0) is 41.6 Å². The van der Waals surface area contributed by atoms with Crippen molar-refractivity contribution in [1.82, 2.24) is 0 Å². The van der Waals surface area contributed by atoms with Crippen LogP contribution in [0.1, 0.15) is 23.1 Å². The molecule has 0 saturated heterocycles. The molecule has 0 bridgehead atoms. The fourth-order valence-corrected chi connectivity index (χ4v) is 3.49. The highest BCUT2D eigenvalue weighted by Gasteiger charge is 2.36. The van der Waals surface area contributed by atoms with Gasteiger partial charge in [-0.3, -0.25) is 4.79 Å². The van der Waals surface area contributed by atoms with Crippen molar-refractivity contribution in [3.05, 3.63) is 77.4 Å². The van der Waals surface area contributed by atoms with Gasteiger partial charge in [-0.15, -0.1) is 0 Å². The Hall–Kier alpha value is -3.07. The number of carbonyl (C=O) groups is 1. The van der Waals surface area contributed by atoms with Crippen molar-refractivity contribution in [2.24, 2.45) is 5.73 Å². The second-order valence-corrected chi connectivity index (χ2v) is 7.25. The number of fused-ring (bicyclic) bond motifs is 1. The summed E-state index contributed by atoms with van der Waals surface area (Å²) in [6, 6.07) is 13.9. The minimum atomic E-state index is -4.93. The topological polar surface area (TPSA) is 46.3 Å². The highest BCUT2D eigenvalue weighted by molar-refractivity contribution is 6.03. The molecule has 0 saturated carbocycles. The van der Waals surface area contributed by atoms with E-state index in [0.29, 0.717) is 17.8 Å². The Labute approximate surface area is 180 Å². The Balaban J connectivity index is 1.99. The van der Waals surface area contributed by atoms with Crippen molar-refractivity contribution in [3.63, 3.8) is 0 Å². The number of nitrogens with zero attached hydrogens (tertiary/aromatic N) is 1. The lowest BCUT2D eigenvalue weighted by Crippen LogP contribution is -2.34. The van der Waals surface area contributed by atoms with E-state index < -0.39 is 23.5 Å². The van der Waals surface area contributed by atoms with Crippen LogP contribution in [0, 0.1) is 0 Å². The molecule has 9 heteroatoms.